The number of benzene rings is 2. The van der Waals surface area contributed by atoms with Crippen molar-refractivity contribution in [3.8, 4) is 11.1 Å². The second-order valence-corrected chi connectivity index (χ2v) is 7.09. The van der Waals surface area contributed by atoms with E-state index in [1.165, 1.54) is 12.4 Å². The number of nitrogens with one attached hydrogen (secondary N) is 3. The Kier molecular flexibility index (Phi) is 9.04. The van der Waals surface area contributed by atoms with E-state index in [0.717, 1.165) is 49.8 Å². The van der Waals surface area contributed by atoms with Gasteiger partial charge in [0, 0.05) is 18.8 Å². The summed E-state index contributed by atoms with van der Waals surface area (Å²) in [4.78, 5) is 16.7. The van der Waals surface area contributed by atoms with Crippen LogP contribution >= 0.6 is 24.8 Å². The van der Waals surface area contributed by atoms with Gasteiger partial charge in [-0.3, -0.25) is 9.78 Å². The number of aromatic nitrogens is 1. The van der Waals surface area contributed by atoms with Gasteiger partial charge in [0.05, 0.1) is 34.3 Å². The third-order valence-corrected chi connectivity index (χ3v) is 5.04. The van der Waals surface area contributed by atoms with Crippen molar-refractivity contribution in [2.24, 2.45) is 0 Å². The number of anilines is 2. The van der Waals surface area contributed by atoms with Crippen molar-refractivity contribution >= 4 is 42.1 Å². The Hall–Kier alpha value is -2.88. The molecule has 1 aromatic heterocycles. The maximum absolute atomic E-state index is 15.1. The minimum absolute atomic E-state index is 0. The molecule has 1 atom stereocenters. The van der Waals surface area contributed by atoms with Gasteiger partial charge >= 0.3 is 0 Å². The lowest BCUT2D eigenvalue weighted by molar-refractivity contribution is 0.102. The van der Waals surface area contributed by atoms with Gasteiger partial charge in [0.1, 0.15) is 23.3 Å². The lowest BCUT2D eigenvalue weighted by Crippen LogP contribution is -2.23. The molecular weight excluding hydrogens is 483 g/mol. The highest BCUT2D eigenvalue weighted by Crippen LogP contribution is 2.33. The van der Waals surface area contributed by atoms with Gasteiger partial charge in [0.15, 0.2) is 0 Å². The molecule has 0 saturated carbocycles. The predicted octanol–water partition coefficient (Wildman–Crippen LogP) is 5.17. The maximum atomic E-state index is 15.1. The van der Waals surface area contributed by atoms with E-state index >= 15 is 4.39 Å². The highest BCUT2D eigenvalue weighted by Gasteiger charge is 2.25. The molecule has 0 spiro atoms. The molecule has 1 aliphatic rings. The molecule has 2 aromatic carbocycles. The van der Waals surface area contributed by atoms with Gasteiger partial charge < -0.3 is 16.0 Å². The van der Waals surface area contributed by atoms with Crippen molar-refractivity contribution in [2.75, 3.05) is 23.7 Å². The average Bonchev–Trinajstić information content (AvgIpc) is 3.24. The molecular formula is C22H20Cl2F4N4O. The van der Waals surface area contributed by atoms with Crippen molar-refractivity contribution in [1.82, 2.24) is 10.3 Å². The number of carbonyl (C=O) groups excluding carboxylic acids is 1. The number of rotatable bonds is 5. The van der Waals surface area contributed by atoms with E-state index in [-0.39, 0.29) is 30.9 Å². The standard InChI is InChI=1S/C22H18F4N4O.2ClH/c23-14-2-1-3-15(24)19(14)20-16(25)5-4-13(21(20)26)22(31)30-18-11-28-9-7-17(18)29-12-6-8-27-10-12;;/h1-5,7,9,11-12,27H,6,8,10H2,(H,28,29)(H,30,31);2*1H/t12-;;/m0../s1. The van der Waals surface area contributed by atoms with Gasteiger partial charge in [-0.15, -0.1) is 24.8 Å². The first-order chi connectivity index (χ1) is 15.0. The summed E-state index contributed by atoms with van der Waals surface area (Å²) < 4.78 is 57.7. The number of nitrogens with zero attached hydrogens (tertiary/aromatic N) is 1. The number of hydrogen-bond acceptors (Lipinski definition) is 4. The molecule has 4 rings (SSSR count). The lowest BCUT2D eigenvalue weighted by atomic mass is 9.99. The van der Waals surface area contributed by atoms with Gasteiger partial charge in [-0.1, -0.05) is 6.07 Å². The molecule has 3 aromatic rings. The summed E-state index contributed by atoms with van der Waals surface area (Å²) in [6.07, 6.45) is 3.82. The van der Waals surface area contributed by atoms with Crippen LogP contribution in [0.5, 0.6) is 0 Å². The monoisotopic (exact) mass is 502 g/mol. The zero-order valence-electron chi connectivity index (χ0n) is 17.0. The molecule has 5 nitrogen and oxygen atoms in total. The van der Waals surface area contributed by atoms with E-state index in [1.807, 2.05) is 0 Å². The van der Waals surface area contributed by atoms with Crippen molar-refractivity contribution in [2.45, 2.75) is 12.5 Å². The van der Waals surface area contributed by atoms with Gasteiger partial charge in [-0.05, 0) is 43.3 Å². The normalized spacial score (nSPS) is 14.7. The molecule has 0 aliphatic carbocycles. The van der Waals surface area contributed by atoms with Crippen LogP contribution in [0.2, 0.25) is 0 Å². The smallest absolute Gasteiger partial charge is 0.258 e. The van der Waals surface area contributed by atoms with E-state index in [9.17, 15) is 18.0 Å². The summed E-state index contributed by atoms with van der Waals surface area (Å²) in [5.74, 6) is -5.73. The van der Waals surface area contributed by atoms with Crippen LogP contribution in [0.1, 0.15) is 16.8 Å². The number of halogens is 6. The fourth-order valence-corrected chi connectivity index (χ4v) is 3.50. The van der Waals surface area contributed by atoms with Crippen LogP contribution in [0.15, 0.2) is 48.8 Å². The van der Waals surface area contributed by atoms with E-state index in [2.05, 4.69) is 20.9 Å². The molecule has 176 valence electrons. The minimum Gasteiger partial charge on any atom is -0.379 e. The fourth-order valence-electron chi connectivity index (χ4n) is 3.50. The van der Waals surface area contributed by atoms with Crippen LogP contribution in [0.25, 0.3) is 11.1 Å². The van der Waals surface area contributed by atoms with Gasteiger partial charge in [0.2, 0.25) is 0 Å². The number of carbonyl (C=O) groups is 1. The molecule has 1 saturated heterocycles. The molecule has 0 unspecified atom stereocenters. The van der Waals surface area contributed by atoms with Crippen LogP contribution < -0.4 is 16.0 Å². The Balaban J connectivity index is 0.00000193. The second-order valence-electron chi connectivity index (χ2n) is 7.09. The van der Waals surface area contributed by atoms with Crippen LogP contribution in [-0.2, 0) is 0 Å². The zero-order valence-corrected chi connectivity index (χ0v) is 18.6. The summed E-state index contributed by atoms with van der Waals surface area (Å²) in [7, 11) is 0. The first kappa shape index (κ1) is 26.4. The highest BCUT2D eigenvalue weighted by atomic mass is 35.5. The largest absolute Gasteiger partial charge is 0.379 e. The number of amides is 1. The average molecular weight is 503 g/mol. The third kappa shape index (κ3) is 5.55. The van der Waals surface area contributed by atoms with E-state index in [4.69, 9.17) is 0 Å². The predicted molar refractivity (Wildman–Crippen MR) is 123 cm³/mol. The molecule has 3 N–H and O–H groups in total. The summed E-state index contributed by atoms with van der Waals surface area (Å²) >= 11 is 0. The Morgan fingerprint density at radius 3 is 2.30 bits per heavy atom. The molecule has 2 heterocycles. The Morgan fingerprint density at radius 1 is 0.939 bits per heavy atom. The van der Waals surface area contributed by atoms with E-state index in [0.29, 0.717) is 11.4 Å². The SMILES string of the molecule is Cl.Cl.O=C(Nc1cnccc1N[C@H]1CCNC1)c1ccc(F)c(-c2c(F)cccc2F)c1F. The van der Waals surface area contributed by atoms with Gasteiger partial charge in [0.25, 0.3) is 5.91 Å². The molecule has 0 bridgehead atoms. The van der Waals surface area contributed by atoms with Crippen LogP contribution in [0.4, 0.5) is 28.9 Å². The first-order valence-corrected chi connectivity index (χ1v) is 9.60. The van der Waals surface area contributed by atoms with Crippen LogP contribution in [0.3, 0.4) is 0 Å². The number of pyridine rings is 1. The fraction of sp³-hybridized carbons (Fsp3) is 0.182. The van der Waals surface area contributed by atoms with Crippen LogP contribution in [-0.4, -0.2) is 30.0 Å². The minimum atomic E-state index is -1.36. The van der Waals surface area contributed by atoms with Crippen molar-refractivity contribution in [1.29, 1.82) is 0 Å². The second kappa shape index (κ2) is 11.3. The topological polar surface area (TPSA) is 66.0 Å². The summed E-state index contributed by atoms with van der Waals surface area (Å²) in [5.41, 5.74) is -1.49. The molecule has 11 heteroatoms. The van der Waals surface area contributed by atoms with Gasteiger partial charge in [-0.25, -0.2) is 17.6 Å². The quantitative estimate of drug-likeness (QED) is 0.421. The third-order valence-electron chi connectivity index (χ3n) is 5.04. The van der Waals surface area contributed by atoms with Crippen LogP contribution in [0, 0.1) is 23.3 Å². The zero-order chi connectivity index (χ0) is 22.0. The van der Waals surface area contributed by atoms with E-state index in [1.54, 1.807) is 6.07 Å². The van der Waals surface area contributed by atoms with E-state index < -0.39 is 45.9 Å². The summed E-state index contributed by atoms with van der Waals surface area (Å²) in [6.45, 7) is 1.61. The molecule has 33 heavy (non-hydrogen) atoms. The maximum Gasteiger partial charge on any atom is 0.258 e. The molecule has 0 radical (unpaired) electrons. The van der Waals surface area contributed by atoms with Crippen molar-refractivity contribution in [3.63, 3.8) is 0 Å². The van der Waals surface area contributed by atoms with Crippen molar-refractivity contribution in [3.05, 3.63) is 77.6 Å². The molecule has 1 amide bonds. The van der Waals surface area contributed by atoms with Gasteiger partial charge in [-0.2, -0.15) is 0 Å². The highest BCUT2D eigenvalue weighted by molar-refractivity contribution is 6.06. The lowest BCUT2D eigenvalue weighted by Gasteiger charge is -2.17. The van der Waals surface area contributed by atoms with Crippen molar-refractivity contribution < 1.29 is 22.4 Å². The Labute approximate surface area is 199 Å². The first-order valence-electron chi connectivity index (χ1n) is 9.60. The Morgan fingerprint density at radius 2 is 1.64 bits per heavy atom. The Bertz CT molecular complexity index is 1120. The summed E-state index contributed by atoms with van der Waals surface area (Å²) in [6, 6.07) is 6.38. The molecule has 1 fully saturated rings. The molecule has 1 aliphatic heterocycles. The number of hydrogen-bond donors (Lipinski definition) is 3. The summed E-state index contributed by atoms with van der Waals surface area (Å²) in [5, 5.41) is 9.02.